The Labute approximate surface area is 202 Å². The van der Waals surface area contributed by atoms with Crippen LogP contribution in [0, 0.1) is 0 Å². The summed E-state index contributed by atoms with van der Waals surface area (Å²) >= 11 is 1.30. The van der Waals surface area contributed by atoms with Gasteiger partial charge in [0.05, 0.1) is 30.2 Å². The number of amides is 1. The van der Waals surface area contributed by atoms with Crippen LogP contribution in [0.5, 0.6) is 0 Å². The smallest absolute Gasteiger partial charge is 0.257 e. The summed E-state index contributed by atoms with van der Waals surface area (Å²) < 4.78 is 29.6. The van der Waals surface area contributed by atoms with Gasteiger partial charge in [-0.15, -0.1) is 4.40 Å². The minimum Gasteiger partial charge on any atom is -0.345 e. The summed E-state index contributed by atoms with van der Waals surface area (Å²) in [6.07, 6.45) is 4.70. The standard InChI is InChI=1S/C24H23N5O3S2/c30-23(17-9-10-21-22(13-17)33-24-27-34(31,32)12-11-28(21)24)26-19-7-4-8-20-18(19)14-25-29(20)15-16-5-2-1-3-6-16/h1-3,5-6,9-10,13-14,19H,4,7-8,11-12,15H2,(H,26,30). The van der Waals surface area contributed by atoms with Crippen molar-refractivity contribution in [1.29, 1.82) is 0 Å². The zero-order chi connectivity index (χ0) is 23.3. The number of hydrogen-bond acceptors (Lipinski definition) is 6. The maximum Gasteiger partial charge on any atom is 0.257 e. The zero-order valence-corrected chi connectivity index (χ0v) is 20.0. The second-order valence-electron chi connectivity index (χ2n) is 8.70. The first kappa shape index (κ1) is 21.4. The van der Waals surface area contributed by atoms with Gasteiger partial charge in [0.1, 0.15) is 0 Å². The molecule has 2 aliphatic heterocycles. The molecule has 0 fully saturated rings. The zero-order valence-electron chi connectivity index (χ0n) is 18.3. The van der Waals surface area contributed by atoms with Crippen LogP contribution in [0.2, 0.25) is 0 Å². The molecule has 1 aromatic heterocycles. The van der Waals surface area contributed by atoms with Crippen molar-refractivity contribution in [3.05, 3.63) is 77.1 Å². The molecule has 1 amide bonds. The molecule has 1 atom stereocenters. The number of nitrogens with one attached hydrogen (secondary N) is 1. The quantitative estimate of drug-likeness (QED) is 0.599. The van der Waals surface area contributed by atoms with Crippen LogP contribution >= 0.6 is 11.8 Å². The fourth-order valence-electron chi connectivity index (χ4n) is 4.77. The second-order valence-corrected chi connectivity index (χ2v) is 11.5. The lowest BCUT2D eigenvalue weighted by atomic mass is 9.92. The van der Waals surface area contributed by atoms with Crippen molar-refractivity contribution in [2.75, 3.05) is 17.2 Å². The Kier molecular flexibility index (Phi) is 5.22. The fourth-order valence-corrected chi connectivity index (χ4v) is 7.07. The molecule has 3 aromatic rings. The van der Waals surface area contributed by atoms with Crippen molar-refractivity contribution >= 4 is 38.5 Å². The molecule has 1 aliphatic carbocycles. The molecule has 6 rings (SSSR count). The van der Waals surface area contributed by atoms with Gasteiger partial charge in [-0.25, -0.2) is 8.42 Å². The van der Waals surface area contributed by atoms with Crippen molar-refractivity contribution in [1.82, 2.24) is 15.1 Å². The normalized spacial score (nSPS) is 20.2. The molecule has 8 nitrogen and oxygen atoms in total. The average Bonchev–Trinajstić information content (AvgIpc) is 3.39. The minimum absolute atomic E-state index is 0.000700. The number of carbonyl (C=O) groups is 1. The third-order valence-electron chi connectivity index (χ3n) is 6.48. The molecule has 10 heteroatoms. The first-order chi connectivity index (χ1) is 16.5. The Morgan fingerprint density at radius 1 is 1.18 bits per heavy atom. The summed E-state index contributed by atoms with van der Waals surface area (Å²) in [6, 6.07) is 15.7. The third kappa shape index (κ3) is 3.90. The van der Waals surface area contributed by atoms with Gasteiger partial charge in [-0.2, -0.15) is 5.10 Å². The number of carbonyl (C=O) groups excluding carboxylic acids is 1. The molecule has 3 aliphatic rings. The van der Waals surface area contributed by atoms with Gasteiger partial charge in [-0.1, -0.05) is 30.3 Å². The monoisotopic (exact) mass is 493 g/mol. The molecule has 0 saturated heterocycles. The second kappa shape index (κ2) is 8.28. The highest BCUT2D eigenvalue weighted by atomic mass is 32.2. The first-order valence-electron chi connectivity index (χ1n) is 11.3. The molecule has 0 spiro atoms. The Morgan fingerprint density at radius 2 is 2.03 bits per heavy atom. The number of aromatic nitrogens is 2. The van der Waals surface area contributed by atoms with Crippen LogP contribution in [0.25, 0.3) is 0 Å². The summed E-state index contributed by atoms with van der Waals surface area (Å²) in [5, 5.41) is 8.27. The van der Waals surface area contributed by atoms with E-state index >= 15 is 0 Å². The average molecular weight is 494 g/mol. The highest BCUT2D eigenvalue weighted by molar-refractivity contribution is 8.15. The van der Waals surface area contributed by atoms with E-state index in [1.165, 1.54) is 23.0 Å². The predicted octanol–water partition coefficient (Wildman–Crippen LogP) is 3.35. The largest absolute Gasteiger partial charge is 0.345 e. The van der Waals surface area contributed by atoms with E-state index < -0.39 is 10.0 Å². The number of hydrogen-bond donors (Lipinski definition) is 1. The number of thioether (sulfide) groups is 1. The molecule has 1 N–H and O–H groups in total. The fraction of sp³-hybridized carbons (Fsp3) is 0.292. The highest BCUT2D eigenvalue weighted by Crippen LogP contribution is 2.42. The summed E-state index contributed by atoms with van der Waals surface area (Å²) in [5.74, 6) is -0.141. The highest BCUT2D eigenvalue weighted by Gasteiger charge is 2.34. The number of benzene rings is 2. The Hall–Kier alpha value is -3.11. The van der Waals surface area contributed by atoms with Gasteiger partial charge in [0.15, 0.2) is 5.17 Å². The van der Waals surface area contributed by atoms with Crippen molar-refractivity contribution in [2.45, 2.75) is 36.7 Å². The van der Waals surface area contributed by atoms with Crippen molar-refractivity contribution in [3.63, 3.8) is 0 Å². The number of rotatable bonds is 4. The number of anilines is 1. The number of fused-ring (bicyclic) bond motifs is 4. The van der Waals surface area contributed by atoms with Crippen molar-refractivity contribution in [2.24, 2.45) is 4.40 Å². The molecule has 2 aromatic carbocycles. The van der Waals surface area contributed by atoms with Gasteiger partial charge in [-0.3, -0.25) is 9.48 Å². The minimum atomic E-state index is -3.41. The number of amidine groups is 1. The lowest BCUT2D eigenvalue weighted by molar-refractivity contribution is 0.0932. The molecule has 3 heterocycles. The van der Waals surface area contributed by atoms with Crippen molar-refractivity contribution in [3.8, 4) is 0 Å². The number of nitrogens with zero attached hydrogens (tertiary/aromatic N) is 4. The molecule has 0 saturated carbocycles. The van der Waals surface area contributed by atoms with Crippen LogP contribution in [0.3, 0.4) is 0 Å². The van der Waals surface area contributed by atoms with Gasteiger partial charge >= 0.3 is 0 Å². The SMILES string of the molecule is O=C(NC1CCCc2c1cnn2Cc1ccccc1)c1ccc2c(c1)SC1=NS(=O)(=O)CCN12. The topological polar surface area (TPSA) is 96.7 Å². The summed E-state index contributed by atoms with van der Waals surface area (Å²) in [6.45, 7) is 1.10. The van der Waals surface area contributed by atoms with Crippen LogP contribution in [0.15, 0.2) is 64.0 Å². The van der Waals surface area contributed by atoms with Crippen LogP contribution in [0.1, 0.15) is 46.1 Å². The van der Waals surface area contributed by atoms with E-state index in [0.717, 1.165) is 42.0 Å². The summed E-state index contributed by atoms with van der Waals surface area (Å²) in [7, 11) is -3.41. The lowest BCUT2D eigenvalue weighted by Gasteiger charge is -2.24. The van der Waals surface area contributed by atoms with E-state index in [4.69, 9.17) is 0 Å². The van der Waals surface area contributed by atoms with Crippen LogP contribution in [-0.4, -0.2) is 41.6 Å². The van der Waals surface area contributed by atoms with Crippen molar-refractivity contribution < 1.29 is 13.2 Å². The van der Waals surface area contributed by atoms with E-state index in [1.54, 1.807) is 6.07 Å². The maximum absolute atomic E-state index is 13.2. The summed E-state index contributed by atoms with van der Waals surface area (Å²) in [5.41, 5.74) is 4.92. The van der Waals surface area contributed by atoms with Gasteiger partial charge in [0.2, 0.25) is 0 Å². The van der Waals surface area contributed by atoms with E-state index in [-0.39, 0.29) is 17.7 Å². The Balaban J connectivity index is 1.20. The van der Waals surface area contributed by atoms with Gasteiger partial charge in [0, 0.05) is 28.3 Å². The van der Waals surface area contributed by atoms with Crippen LogP contribution < -0.4 is 10.2 Å². The Bertz CT molecular complexity index is 1420. The maximum atomic E-state index is 13.2. The van der Waals surface area contributed by atoms with E-state index in [1.807, 2.05) is 46.1 Å². The predicted molar refractivity (Wildman–Crippen MR) is 132 cm³/mol. The molecular weight excluding hydrogens is 470 g/mol. The van der Waals surface area contributed by atoms with Crippen LogP contribution in [0.4, 0.5) is 5.69 Å². The van der Waals surface area contributed by atoms with E-state index in [0.29, 0.717) is 17.3 Å². The van der Waals surface area contributed by atoms with Gasteiger partial charge in [0.25, 0.3) is 15.9 Å². The molecule has 174 valence electrons. The third-order valence-corrected chi connectivity index (χ3v) is 8.78. The number of sulfonamides is 1. The Morgan fingerprint density at radius 3 is 2.88 bits per heavy atom. The summed E-state index contributed by atoms with van der Waals surface area (Å²) in [4.78, 5) is 15.9. The molecule has 0 radical (unpaired) electrons. The van der Waals surface area contributed by atoms with E-state index in [2.05, 4.69) is 26.9 Å². The molecule has 1 unspecified atom stereocenters. The van der Waals surface area contributed by atoms with Gasteiger partial charge < -0.3 is 10.2 Å². The van der Waals surface area contributed by atoms with Gasteiger partial charge in [-0.05, 0) is 54.8 Å². The van der Waals surface area contributed by atoms with E-state index in [9.17, 15) is 13.2 Å². The molecule has 34 heavy (non-hydrogen) atoms. The molecular formula is C24H23N5O3S2. The lowest BCUT2D eigenvalue weighted by Crippen LogP contribution is -2.35. The molecule has 0 bridgehead atoms. The van der Waals surface area contributed by atoms with Crippen LogP contribution in [-0.2, 0) is 23.0 Å². The first-order valence-corrected chi connectivity index (χ1v) is 13.7.